The second-order valence-corrected chi connectivity index (χ2v) is 5.63. The Balaban J connectivity index is 3.02. The van der Waals surface area contributed by atoms with Crippen LogP contribution in [0.4, 0.5) is 0 Å². The summed E-state index contributed by atoms with van der Waals surface area (Å²) >= 11 is 0. The van der Waals surface area contributed by atoms with Crippen molar-refractivity contribution < 1.29 is 34.7 Å². The van der Waals surface area contributed by atoms with Crippen molar-refractivity contribution in [3.8, 4) is 0 Å². The summed E-state index contributed by atoms with van der Waals surface area (Å²) in [6.45, 7) is 4.80. The summed E-state index contributed by atoms with van der Waals surface area (Å²) in [6.07, 6.45) is -4.52. The monoisotopic (exact) mass is 292 g/mol. The molecule has 0 aromatic rings. The Morgan fingerprint density at radius 1 is 1.45 bits per heavy atom. The van der Waals surface area contributed by atoms with Crippen molar-refractivity contribution in [2.24, 2.45) is 11.8 Å². The van der Waals surface area contributed by atoms with Crippen LogP contribution in [-0.2, 0) is 14.3 Å². The minimum absolute atomic E-state index is 0.0863. The first-order valence-corrected chi connectivity index (χ1v) is 6.73. The molecule has 0 aromatic heterocycles. The van der Waals surface area contributed by atoms with Gasteiger partial charge in [0.25, 0.3) is 6.47 Å². The number of carbonyl (C=O) groups is 1. The summed E-state index contributed by atoms with van der Waals surface area (Å²) in [5.74, 6) is -2.08. The van der Waals surface area contributed by atoms with E-state index in [4.69, 9.17) is 14.6 Å². The highest BCUT2D eigenvalue weighted by Crippen LogP contribution is 2.39. The molecule has 1 aliphatic heterocycles. The molecule has 0 amide bonds. The van der Waals surface area contributed by atoms with Crippen LogP contribution in [0.15, 0.2) is 0 Å². The van der Waals surface area contributed by atoms with Gasteiger partial charge in [-0.25, -0.2) is 0 Å². The van der Waals surface area contributed by atoms with Crippen LogP contribution in [0.1, 0.15) is 27.2 Å². The summed E-state index contributed by atoms with van der Waals surface area (Å²) in [7, 11) is 0. The average molecular weight is 292 g/mol. The highest BCUT2D eigenvalue weighted by Gasteiger charge is 2.51. The van der Waals surface area contributed by atoms with Crippen LogP contribution in [0.5, 0.6) is 0 Å². The Hall–Kier alpha value is -0.730. The van der Waals surface area contributed by atoms with Crippen LogP contribution < -0.4 is 0 Å². The van der Waals surface area contributed by atoms with E-state index in [2.05, 4.69) is 0 Å². The number of ether oxygens (including phenoxy) is 2. The molecule has 0 saturated carbocycles. The molecule has 3 unspecified atom stereocenters. The first kappa shape index (κ1) is 17.3. The molecule has 0 bridgehead atoms. The van der Waals surface area contributed by atoms with Crippen molar-refractivity contribution in [3.63, 3.8) is 0 Å². The maximum atomic E-state index is 10.7. The Bertz CT molecular complexity index is 322. The van der Waals surface area contributed by atoms with Crippen molar-refractivity contribution in [3.05, 3.63) is 0 Å². The normalized spacial score (nSPS) is 37.5. The quantitative estimate of drug-likeness (QED) is 0.464. The molecular formula is C13H24O7. The number of hydrogen-bond acceptors (Lipinski definition) is 7. The van der Waals surface area contributed by atoms with Gasteiger partial charge in [-0.05, 0) is 0 Å². The van der Waals surface area contributed by atoms with Crippen molar-refractivity contribution in [1.29, 1.82) is 0 Å². The van der Waals surface area contributed by atoms with E-state index in [9.17, 15) is 20.1 Å². The van der Waals surface area contributed by atoms with Crippen LogP contribution in [-0.4, -0.2) is 63.7 Å². The number of aliphatic hydroxyl groups excluding tert-OH is 4. The predicted molar refractivity (Wildman–Crippen MR) is 68.5 cm³/mol. The third-order valence-electron chi connectivity index (χ3n) is 4.00. The molecule has 0 aliphatic carbocycles. The van der Waals surface area contributed by atoms with Crippen molar-refractivity contribution in [2.45, 2.75) is 57.4 Å². The van der Waals surface area contributed by atoms with Crippen LogP contribution in [0.25, 0.3) is 0 Å². The third-order valence-corrected chi connectivity index (χ3v) is 4.00. The summed E-state index contributed by atoms with van der Waals surface area (Å²) < 4.78 is 10.7. The Labute approximate surface area is 118 Å². The molecule has 118 valence electrons. The van der Waals surface area contributed by atoms with Gasteiger partial charge in [-0.3, -0.25) is 4.79 Å². The smallest absolute Gasteiger partial charge is 0.295 e. The number of carbonyl (C=O) groups excluding carboxylic acids is 1. The molecule has 4 N–H and O–H groups in total. The summed E-state index contributed by atoms with van der Waals surface area (Å²) in [5.41, 5.74) is 0. The molecule has 6 atom stereocenters. The van der Waals surface area contributed by atoms with Gasteiger partial charge in [-0.1, -0.05) is 20.8 Å². The Morgan fingerprint density at radius 3 is 2.50 bits per heavy atom. The lowest BCUT2D eigenvalue weighted by Crippen LogP contribution is -2.60. The molecule has 1 rings (SSSR count). The van der Waals surface area contributed by atoms with Gasteiger partial charge in [-0.2, -0.15) is 0 Å². The largest absolute Gasteiger partial charge is 0.435 e. The highest BCUT2D eigenvalue weighted by molar-refractivity contribution is 5.38. The fourth-order valence-corrected chi connectivity index (χ4v) is 2.46. The molecule has 1 heterocycles. The van der Waals surface area contributed by atoms with Gasteiger partial charge in [0.2, 0.25) is 5.79 Å². The van der Waals surface area contributed by atoms with E-state index < -0.39 is 42.7 Å². The predicted octanol–water partition coefficient (Wildman–Crippen LogP) is -0.988. The molecule has 1 saturated heterocycles. The Morgan fingerprint density at radius 2 is 2.05 bits per heavy atom. The lowest BCUT2D eigenvalue weighted by Gasteiger charge is -2.48. The molecule has 20 heavy (non-hydrogen) atoms. The van der Waals surface area contributed by atoms with Crippen molar-refractivity contribution in [1.82, 2.24) is 0 Å². The second-order valence-electron chi connectivity index (χ2n) is 5.63. The third kappa shape index (κ3) is 3.29. The molecule has 7 heteroatoms. The molecule has 0 aromatic carbocycles. The number of rotatable bonds is 6. The zero-order chi connectivity index (χ0) is 15.5. The summed E-state index contributed by atoms with van der Waals surface area (Å²) in [5, 5.41) is 38.6. The molecule has 7 nitrogen and oxygen atoms in total. The minimum Gasteiger partial charge on any atom is -0.435 e. The van der Waals surface area contributed by atoms with Gasteiger partial charge in [0.15, 0.2) is 0 Å². The molecule has 1 fully saturated rings. The zero-order valence-corrected chi connectivity index (χ0v) is 12.0. The first-order chi connectivity index (χ1) is 9.29. The maximum Gasteiger partial charge on any atom is 0.295 e. The molecule has 0 spiro atoms. The van der Waals surface area contributed by atoms with E-state index in [1.165, 1.54) is 0 Å². The van der Waals surface area contributed by atoms with E-state index in [0.29, 0.717) is 0 Å². The highest BCUT2D eigenvalue weighted by atomic mass is 16.7. The van der Waals surface area contributed by atoms with Crippen LogP contribution >= 0.6 is 0 Å². The lowest BCUT2D eigenvalue weighted by molar-refractivity contribution is -0.326. The van der Waals surface area contributed by atoms with Crippen LogP contribution in [0.3, 0.4) is 0 Å². The number of hydrogen-bond donors (Lipinski definition) is 4. The van der Waals surface area contributed by atoms with Crippen LogP contribution in [0.2, 0.25) is 0 Å². The van der Waals surface area contributed by atoms with Crippen molar-refractivity contribution >= 4 is 6.47 Å². The van der Waals surface area contributed by atoms with Crippen LogP contribution in [0, 0.1) is 11.8 Å². The minimum atomic E-state index is -1.39. The number of aliphatic hydroxyl groups is 4. The van der Waals surface area contributed by atoms with E-state index in [1.807, 2.05) is 0 Å². The van der Waals surface area contributed by atoms with Gasteiger partial charge < -0.3 is 29.9 Å². The van der Waals surface area contributed by atoms with E-state index in [-0.39, 0.29) is 18.8 Å². The van der Waals surface area contributed by atoms with Gasteiger partial charge in [-0.15, -0.1) is 0 Å². The van der Waals surface area contributed by atoms with E-state index in [1.54, 1.807) is 20.8 Å². The van der Waals surface area contributed by atoms with Gasteiger partial charge in [0, 0.05) is 18.3 Å². The molecular weight excluding hydrogens is 268 g/mol. The second kappa shape index (κ2) is 6.82. The topological polar surface area (TPSA) is 116 Å². The zero-order valence-electron chi connectivity index (χ0n) is 12.0. The maximum absolute atomic E-state index is 10.7. The standard InChI is InChI=1S/C13H24O7/c1-7(2)13(19-6-15)4-9(16)8(3)12(20-13)11(18)10(17)5-14/h6-12,14,16-18H,4-5H2,1-3H3/t8-,9?,10?,11+,12?,13+/m0/s1. The molecule has 0 radical (unpaired) electrons. The van der Waals surface area contributed by atoms with Gasteiger partial charge >= 0.3 is 0 Å². The SMILES string of the molecule is CC(C)[C@@]1(OC=O)CC(O)[C@H](C)C([C@H](O)C(O)CO)O1. The first-order valence-electron chi connectivity index (χ1n) is 6.73. The lowest BCUT2D eigenvalue weighted by atomic mass is 9.81. The summed E-state index contributed by atoms with van der Waals surface area (Å²) in [4.78, 5) is 10.7. The van der Waals surface area contributed by atoms with Gasteiger partial charge in [0.1, 0.15) is 12.2 Å². The fraction of sp³-hybridized carbons (Fsp3) is 0.923. The fourth-order valence-electron chi connectivity index (χ4n) is 2.46. The molecule has 1 aliphatic rings. The van der Waals surface area contributed by atoms with Gasteiger partial charge in [0.05, 0.1) is 18.8 Å². The Kier molecular flexibility index (Phi) is 5.91. The average Bonchev–Trinajstić information content (AvgIpc) is 2.41. The van der Waals surface area contributed by atoms with Crippen molar-refractivity contribution in [2.75, 3.05) is 6.61 Å². The van der Waals surface area contributed by atoms with E-state index >= 15 is 0 Å². The summed E-state index contributed by atoms with van der Waals surface area (Å²) in [6, 6.07) is 0. The van der Waals surface area contributed by atoms with E-state index in [0.717, 1.165) is 0 Å².